The lowest BCUT2D eigenvalue weighted by atomic mass is 9.86. The van der Waals surface area contributed by atoms with Crippen molar-refractivity contribution in [1.82, 2.24) is 0 Å². The van der Waals surface area contributed by atoms with Crippen LogP contribution in [0.5, 0.6) is 0 Å². The molecule has 1 aliphatic carbocycles. The number of aliphatic hydroxyl groups is 1. The molecule has 0 amide bonds. The predicted octanol–water partition coefficient (Wildman–Crippen LogP) is 2.70. The molecule has 0 spiro atoms. The molecule has 2 aliphatic rings. The van der Waals surface area contributed by atoms with Crippen LogP contribution in [0.1, 0.15) is 40.5 Å². The van der Waals surface area contributed by atoms with Gasteiger partial charge in [-0.2, -0.15) is 0 Å². The van der Waals surface area contributed by atoms with Gasteiger partial charge in [0.15, 0.2) is 0 Å². The van der Waals surface area contributed by atoms with E-state index in [4.69, 9.17) is 9.47 Å². The van der Waals surface area contributed by atoms with Crippen molar-refractivity contribution in [2.45, 2.75) is 58.8 Å². The summed E-state index contributed by atoms with van der Waals surface area (Å²) in [6.07, 6.45) is 2.98. The standard InChI is InChI=1S/C19H26O5/c1-10(2)18(21)23-16-7-6-11(3)15(20)9-14-13(5)19(22)24-17(14)8-12(16)4/h6,8,10,14-17,20H,5,7,9H2,1-4H3/b11-6+,12-8+/t14-,15-,16-,17+/m0/s1. The third-order valence-electron chi connectivity index (χ3n) is 4.67. The molecular formula is C19H26O5. The van der Waals surface area contributed by atoms with Crippen LogP contribution in [0.3, 0.4) is 0 Å². The van der Waals surface area contributed by atoms with E-state index in [1.54, 1.807) is 13.8 Å². The largest absolute Gasteiger partial charge is 0.457 e. The molecule has 132 valence electrons. The van der Waals surface area contributed by atoms with E-state index in [2.05, 4.69) is 6.58 Å². The zero-order valence-corrected chi connectivity index (χ0v) is 14.7. The van der Waals surface area contributed by atoms with Gasteiger partial charge in [0, 0.05) is 17.9 Å². The zero-order valence-electron chi connectivity index (χ0n) is 14.7. The van der Waals surface area contributed by atoms with Gasteiger partial charge in [0.05, 0.1) is 12.0 Å². The Bertz CT molecular complexity index is 599. The molecular weight excluding hydrogens is 308 g/mol. The van der Waals surface area contributed by atoms with E-state index in [9.17, 15) is 14.7 Å². The third kappa shape index (κ3) is 3.96. The van der Waals surface area contributed by atoms with E-state index in [-0.39, 0.29) is 17.8 Å². The molecule has 1 fully saturated rings. The first-order valence-electron chi connectivity index (χ1n) is 8.34. The van der Waals surface area contributed by atoms with Crippen LogP contribution in [-0.4, -0.2) is 35.4 Å². The van der Waals surface area contributed by atoms with Crippen molar-refractivity contribution in [2.75, 3.05) is 0 Å². The number of hydrogen-bond acceptors (Lipinski definition) is 5. The van der Waals surface area contributed by atoms with Gasteiger partial charge in [0.1, 0.15) is 12.2 Å². The summed E-state index contributed by atoms with van der Waals surface area (Å²) in [5.41, 5.74) is 2.01. The summed E-state index contributed by atoms with van der Waals surface area (Å²) in [6.45, 7) is 11.1. The van der Waals surface area contributed by atoms with E-state index >= 15 is 0 Å². The Labute approximate surface area is 143 Å². The number of ether oxygens (including phenoxy) is 2. The van der Waals surface area contributed by atoms with E-state index < -0.39 is 24.3 Å². The van der Waals surface area contributed by atoms with Crippen molar-refractivity contribution >= 4 is 11.9 Å². The van der Waals surface area contributed by atoms with Gasteiger partial charge >= 0.3 is 11.9 Å². The van der Waals surface area contributed by atoms with Crippen LogP contribution in [-0.2, 0) is 19.1 Å². The monoisotopic (exact) mass is 334 g/mol. The third-order valence-corrected chi connectivity index (χ3v) is 4.67. The Kier molecular flexibility index (Phi) is 5.65. The summed E-state index contributed by atoms with van der Waals surface area (Å²) in [5.74, 6) is -1.20. The first-order valence-corrected chi connectivity index (χ1v) is 8.34. The van der Waals surface area contributed by atoms with E-state index in [1.807, 2.05) is 26.0 Å². The summed E-state index contributed by atoms with van der Waals surface area (Å²) in [5, 5.41) is 10.4. The molecule has 24 heavy (non-hydrogen) atoms. The number of aliphatic hydroxyl groups excluding tert-OH is 1. The summed E-state index contributed by atoms with van der Waals surface area (Å²) in [7, 11) is 0. The van der Waals surface area contributed by atoms with Crippen LogP contribution >= 0.6 is 0 Å². The van der Waals surface area contributed by atoms with Gasteiger partial charge < -0.3 is 14.6 Å². The topological polar surface area (TPSA) is 72.8 Å². The van der Waals surface area contributed by atoms with Gasteiger partial charge in [-0.25, -0.2) is 4.79 Å². The highest BCUT2D eigenvalue weighted by molar-refractivity contribution is 5.91. The van der Waals surface area contributed by atoms with Gasteiger partial charge in [0.25, 0.3) is 0 Å². The fourth-order valence-electron chi connectivity index (χ4n) is 2.88. The molecule has 5 heteroatoms. The number of esters is 2. The quantitative estimate of drug-likeness (QED) is 0.477. The number of carbonyl (C=O) groups excluding carboxylic acids is 2. The highest BCUT2D eigenvalue weighted by atomic mass is 16.6. The average Bonchev–Trinajstić information content (AvgIpc) is 2.77. The molecule has 0 aromatic rings. The number of hydrogen-bond donors (Lipinski definition) is 1. The Morgan fingerprint density at radius 3 is 2.67 bits per heavy atom. The van der Waals surface area contributed by atoms with Crippen LogP contribution in [0, 0.1) is 11.8 Å². The summed E-state index contributed by atoms with van der Waals surface area (Å²) in [6, 6.07) is 0. The molecule has 1 heterocycles. The average molecular weight is 334 g/mol. The van der Waals surface area contributed by atoms with Crippen LogP contribution < -0.4 is 0 Å². The minimum atomic E-state index is -0.683. The number of fused-ring (bicyclic) bond motifs is 1. The maximum Gasteiger partial charge on any atom is 0.334 e. The van der Waals surface area contributed by atoms with Gasteiger partial charge in [0.2, 0.25) is 0 Å². The van der Waals surface area contributed by atoms with E-state index in [0.29, 0.717) is 18.4 Å². The van der Waals surface area contributed by atoms with E-state index in [1.165, 1.54) is 0 Å². The summed E-state index contributed by atoms with van der Waals surface area (Å²) >= 11 is 0. The van der Waals surface area contributed by atoms with Crippen LogP contribution in [0.4, 0.5) is 0 Å². The van der Waals surface area contributed by atoms with Crippen molar-refractivity contribution in [2.24, 2.45) is 11.8 Å². The molecule has 0 radical (unpaired) electrons. The second-order valence-electron chi connectivity index (χ2n) is 6.93. The Morgan fingerprint density at radius 2 is 2.04 bits per heavy atom. The molecule has 1 saturated heterocycles. The maximum absolute atomic E-state index is 12.0. The Morgan fingerprint density at radius 1 is 1.38 bits per heavy atom. The molecule has 0 saturated carbocycles. The zero-order chi connectivity index (χ0) is 18.0. The Balaban J connectivity index is 2.34. The highest BCUT2D eigenvalue weighted by Crippen LogP contribution is 2.34. The fraction of sp³-hybridized carbons (Fsp3) is 0.579. The summed E-state index contributed by atoms with van der Waals surface area (Å²) < 4.78 is 11.0. The molecule has 4 atom stereocenters. The molecule has 1 aliphatic heterocycles. The minimum Gasteiger partial charge on any atom is -0.457 e. The molecule has 0 unspecified atom stereocenters. The molecule has 5 nitrogen and oxygen atoms in total. The highest BCUT2D eigenvalue weighted by Gasteiger charge is 2.39. The van der Waals surface area contributed by atoms with Crippen molar-refractivity contribution in [1.29, 1.82) is 0 Å². The second kappa shape index (κ2) is 7.34. The first-order chi connectivity index (χ1) is 11.2. The predicted molar refractivity (Wildman–Crippen MR) is 90.0 cm³/mol. The van der Waals surface area contributed by atoms with E-state index in [0.717, 1.165) is 11.1 Å². The lowest BCUT2D eigenvalue weighted by molar-refractivity contribution is -0.151. The first kappa shape index (κ1) is 18.5. The lowest BCUT2D eigenvalue weighted by Gasteiger charge is -2.25. The molecule has 0 aromatic heterocycles. The van der Waals surface area contributed by atoms with Crippen molar-refractivity contribution in [3.8, 4) is 0 Å². The van der Waals surface area contributed by atoms with Crippen LogP contribution in [0.15, 0.2) is 35.5 Å². The number of carbonyl (C=O) groups is 2. The van der Waals surface area contributed by atoms with Crippen molar-refractivity contribution < 1.29 is 24.2 Å². The molecule has 1 N–H and O–H groups in total. The molecule has 2 rings (SSSR count). The van der Waals surface area contributed by atoms with Gasteiger partial charge in [-0.15, -0.1) is 0 Å². The van der Waals surface area contributed by atoms with Crippen molar-refractivity contribution in [3.63, 3.8) is 0 Å². The van der Waals surface area contributed by atoms with Crippen LogP contribution in [0.2, 0.25) is 0 Å². The normalized spacial score (nSPS) is 35.4. The number of rotatable bonds is 2. The van der Waals surface area contributed by atoms with Gasteiger partial charge in [-0.1, -0.05) is 26.5 Å². The lowest BCUT2D eigenvalue weighted by Crippen LogP contribution is -2.27. The Hall–Kier alpha value is -1.88. The molecule has 0 aromatic carbocycles. The SMILES string of the molecule is C=C1C(=O)O[C@@H]2/C=C(\C)[C@@H](OC(=O)C(C)C)C/C=C(\C)[C@@H](O)C[C@@H]12. The fourth-order valence-corrected chi connectivity index (χ4v) is 2.88. The van der Waals surface area contributed by atoms with Crippen molar-refractivity contribution in [3.05, 3.63) is 35.5 Å². The molecule has 0 bridgehead atoms. The smallest absolute Gasteiger partial charge is 0.334 e. The minimum absolute atomic E-state index is 0.222. The second-order valence-corrected chi connectivity index (χ2v) is 6.93. The summed E-state index contributed by atoms with van der Waals surface area (Å²) in [4.78, 5) is 23.8. The van der Waals surface area contributed by atoms with Gasteiger partial charge in [-0.05, 0) is 37.5 Å². The maximum atomic E-state index is 12.0. The van der Waals surface area contributed by atoms with Gasteiger partial charge in [-0.3, -0.25) is 4.79 Å². The van der Waals surface area contributed by atoms with Crippen LogP contribution in [0.25, 0.3) is 0 Å².